The van der Waals surface area contributed by atoms with E-state index in [-0.39, 0.29) is 0 Å². The first kappa shape index (κ1) is 19.2. The van der Waals surface area contributed by atoms with E-state index in [4.69, 9.17) is 4.74 Å². The maximum Gasteiger partial charge on any atom is 0.330 e. The Morgan fingerprint density at radius 2 is 1.87 bits per heavy atom. The monoisotopic (exact) mass is 321 g/mol. The molecule has 0 aliphatic heterocycles. The first-order valence-electron chi connectivity index (χ1n) is 7.95. The molecule has 5 heteroatoms. The van der Waals surface area contributed by atoms with Crippen LogP contribution >= 0.6 is 0 Å². The lowest BCUT2D eigenvalue weighted by molar-refractivity contribution is -0.144. The van der Waals surface area contributed by atoms with Crippen LogP contribution in [0.25, 0.3) is 0 Å². The van der Waals surface area contributed by atoms with Crippen LogP contribution in [0.3, 0.4) is 0 Å². The summed E-state index contributed by atoms with van der Waals surface area (Å²) in [6.45, 7) is 10.0. The largest absolute Gasteiger partial charge is 0.479 e. The summed E-state index contributed by atoms with van der Waals surface area (Å²) in [5, 5.41) is 12.0. The van der Waals surface area contributed by atoms with Gasteiger partial charge in [-0.05, 0) is 49.8 Å². The number of nitrogens with one attached hydrogen (secondary N) is 1. The second-order valence-corrected chi connectivity index (χ2v) is 6.26. The molecule has 0 saturated carbocycles. The molecule has 2 N–H and O–H groups in total. The predicted molar refractivity (Wildman–Crippen MR) is 89.3 cm³/mol. The van der Waals surface area contributed by atoms with Crippen LogP contribution in [-0.2, 0) is 14.3 Å². The number of aryl methyl sites for hydroxylation is 1. The highest BCUT2D eigenvalue weighted by Crippen LogP contribution is 2.21. The number of ether oxygens (including phenoxy) is 1. The Bertz CT molecular complexity index is 554. The average molecular weight is 321 g/mol. The highest BCUT2D eigenvalue weighted by molar-refractivity contribution is 5.87. The van der Waals surface area contributed by atoms with Crippen molar-refractivity contribution >= 4 is 11.9 Å². The maximum atomic E-state index is 12.2. The number of aliphatic carboxylic acids is 1. The van der Waals surface area contributed by atoms with Crippen molar-refractivity contribution < 1.29 is 19.4 Å². The van der Waals surface area contributed by atoms with E-state index in [1.807, 2.05) is 19.9 Å². The van der Waals surface area contributed by atoms with Crippen LogP contribution < -0.4 is 5.32 Å². The van der Waals surface area contributed by atoms with Gasteiger partial charge >= 0.3 is 5.97 Å². The fourth-order valence-electron chi connectivity index (χ4n) is 2.17. The molecular weight excluding hydrogens is 294 g/mol. The molecule has 0 heterocycles. The number of carbonyl (C=O) groups excluding carboxylic acids is 1. The molecule has 0 bridgehead atoms. The average Bonchev–Trinajstić information content (AvgIpc) is 2.47. The fraction of sp³-hybridized carbons (Fsp3) is 0.556. The number of rotatable bonds is 8. The van der Waals surface area contributed by atoms with E-state index in [0.717, 1.165) is 17.5 Å². The number of carboxylic acid groups (broad SMARTS) is 1. The molecule has 0 radical (unpaired) electrons. The molecule has 1 aromatic rings. The zero-order valence-electron chi connectivity index (χ0n) is 14.6. The van der Waals surface area contributed by atoms with Gasteiger partial charge in [0.15, 0.2) is 6.04 Å². The van der Waals surface area contributed by atoms with Crippen LogP contribution in [0.5, 0.6) is 0 Å². The number of carboxylic acids is 1. The molecule has 0 aliphatic carbocycles. The summed E-state index contributed by atoms with van der Waals surface area (Å²) in [6.07, 6.45) is 0.178. The first-order valence-corrected chi connectivity index (χ1v) is 7.95. The van der Waals surface area contributed by atoms with E-state index in [9.17, 15) is 14.7 Å². The maximum absolute atomic E-state index is 12.2. The first-order chi connectivity index (χ1) is 10.7. The lowest BCUT2D eigenvalue weighted by Gasteiger charge is -2.21. The number of benzene rings is 1. The summed E-state index contributed by atoms with van der Waals surface area (Å²) < 4.78 is 5.48. The van der Waals surface area contributed by atoms with Gasteiger partial charge in [0.1, 0.15) is 6.10 Å². The van der Waals surface area contributed by atoms with Gasteiger partial charge in [0.25, 0.3) is 0 Å². The van der Waals surface area contributed by atoms with Gasteiger partial charge in [-0.3, -0.25) is 4.79 Å². The Balaban J connectivity index is 2.78. The van der Waals surface area contributed by atoms with Crippen molar-refractivity contribution in [2.75, 3.05) is 6.61 Å². The standard InChI is InChI=1S/C18H27NO4/c1-11(2)9-10-23-14(5)17(20)19-16(18(21)22)15-8-6-7-12(3)13(15)4/h6-8,11,14,16H,9-10H2,1-5H3,(H,19,20)(H,21,22). The minimum Gasteiger partial charge on any atom is -0.479 e. The van der Waals surface area contributed by atoms with Crippen LogP contribution in [0.2, 0.25) is 0 Å². The minimum atomic E-state index is -1.08. The molecule has 128 valence electrons. The second-order valence-electron chi connectivity index (χ2n) is 6.26. The molecule has 0 spiro atoms. The van der Waals surface area contributed by atoms with E-state index in [2.05, 4.69) is 19.2 Å². The molecule has 0 saturated heterocycles. The lowest BCUT2D eigenvalue weighted by atomic mass is 9.97. The van der Waals surface area contributed by atoms with Gasteiger partial charge in [0.05, 0.1) is 0 Å². The Hall–Kier alpha value is -1.88. The lowest BCUT2D eigenvalue weighted by Crippen LogP contribution is -2.40. The fourth-order valence-corrected chi connectivity index (χ4v) is 2.17. The summed E-state index contributed by atoms with van der Waals surface area (Å²) in [7, 11) is 0. The highest BCUT2D eigenvalue weighted by atomic mass is 16.5. The third kappa shape index (κ3) is 5.67. The molecule has 1 amide bonds. The van der Waals surface area contributed by atoms with Crippen LogP contribution in [0, 0.1) is 19.8 Å². The van der Waals surface area contributed by atoms with E-state index in [1.54, 1.807) is 19.1 Å². The van der Waals surface area contributed by atoms with E-state index in [0.29, 0.717) is 18.1 Å². The van der Waals surface area contributed by atoms with Crippen LogP contribution in [0.1, 0.15) is 49.9 Å². The molecule has 0 aromatic heterocycles. The SMILES string of the molecule is Cc1cccc(C(NC(=O)C(C)OCCC(C)C)C(=O)O)c1C. The zero-order chi connectivity index (χ0) is 17.6. The van der Waals surface area contributed by atoms with Crippen molar-refractivity contribution in [3.05, 3.63) is 34.9 Å². The quantitative estimate of drug-likeness (QED) is 0.772. The van der Waals surface area contributed by atoms with Gasteiger partial charge in [0.2, 0.25) is 5.91 Å². The van der Waals surface area contributed by atoms with Crippen molar-refractivity contribution in [3.8, 4) is 0 Å². The third-order valence-corrected chi connectivity index (χ3v) is 3.92. The van der Waals surface area contributed by atoms with Crippen LogP contribution in [0.15, 0.2) is 18.2 Å². The molecule has 5 nitrogen and oxygen atoms in total. The molecule has 0 fully saturated rings. The molecule has 23 heavy (non-hydrogen) atoms. The smallest absolute Gasteiger partial charge is 0.330 e. The number of hydrogen-bond acceptors (Lipinski definition) is 3. The van der Waals surface area contributed by atoms with Crippen LogP contribution in [-0.4, -0.2) is 29.7 Å². The van der Waals surface area contributed by atoms with Crippen molar-refractivity contribution in [3.63, 3.8) is 0 Å². The van der Waals surface area contributed by atoms with Crippen LogP contribution in [0.4, 0.5) is 0 Å². The number of hydrogen-bond donors (Lipinski definition) is 2. The summed E-state index contributed by atoms with van der Waals surface area (Å²) in [6, 6.07) is 4.36. The van der Waals surface area contributed by atoms with Gasteiger partial charge in [-0.25, -0.2) is 4.79 Å². The number of amides is 1. The summed E-state index contributed by atoms with van der Waals surface area (Å²) in [4.78, 5) is 23.8. The van der Waals surface area contributed by atoms with Gasteiger partial charge < -0.3 is 15.2 Å². The molecule has 2 atom stereocenters. The Kier molecular flexibility index (Phi) is 7.23. The Labute approximate surface area is 138 Å². The van der Waals surface area contributed by atoms with Gasteiger partial charge in [-0.15, -0.1) is 0 Å². The highest BCUT2D eigenvalue weighted by Gasteiger charge is 2.26. The van der Waals surface area contributed by atoms with Gasteiger partial charge in [-0.1, -0.05) is 32.0 Å². The molecule has 1 aromatic carbocycles. The van der Waals surface area contributed by atoms with Gasteiger partial charge in [-0.2, -0.15) is 0 Å². The zero-order valence-corrected chi connectivity index (χ0v) is 14.6. The Morgan fingerprint density at radius 3 is 2.43 bits per heavy atom. The Morgan fingerprint density at radius 1 is 1.22 bits per heavy atom. The molecule has 2 unspecified atom stereocenters. The van der Waals surface area contributed by atoms with Crippen molar-refractivity contribution in [1.29, 1.82) is 0 Å². The summed E-state index contributed by atoms with van der Waals surface area (Å²) >= 11 is 0. The predicted octanol–water partition coefficient (Wildman–Crippen LogP) is 3.00. The second kappa shape index (κ2) is 8.67. The van der Waals surface area contributed by atoms with Crippen molar-refractivity contribution in [1.82, 2.24) is 5.32 Å². The van der Waals surface area contributed by atoms with E-state index >= 15 is 0 Å². The molecule has 1 rings (SSSR count). The third-order valence-electron chi connectivity index (χ3n) is 3.92. The normalized spacial score (nSPS) is 13.7. The van der Waals surface area contributed by atoms with Crippen molar-refractivity contribution in [2.45, 2.75) is 53.2 Å². The topological polar surface area (TPSA) is 75.6 Å². The summed E-state index contributed by atoms with van der Waals surface area (Å²) in [5.74, 6) is -1.00. The van der Waals surface area contributed by atoms with E-state index < -0.39 is 24.0 Å². The van der Waals surface area contributed by atoms with Crippen molar-refractivity contribution in [2.24, 2.45) is 5.92 Å². The minimum absolute atomic E-state index is 0.415. The number of carbonyl (C=O) groups is 2. The van der Waals surface area contributed by atoms with Gasteiger partial charge in [0, 0.05) is 6.61 Å². The molecule has 0 aliphatic rings. The molecular formula is C18H27NO4. The van der Waals surface area contributed by atoms with E-state index in [1.165, 1.54) is 0 Å². The summed E-state index contributed by atoms with van der Waals surface area (Å²) in [5.41, 5.74) is 2.46.